The molecule has 0 bridgehead atoms. The van der Waals surface area contributed by atoms with Crippen LogP contribution in [0.4, 0.5) is 0 Å². The first-order valence-electron chi connectivity index (χ1n) is 3.63. The molecule has 1 heterocycles. The van der Waals surface area contributed by atoms with Crippen molar-refractivity contribution in [2.24, 2.45) is 0 Å². The van der Waals surface area contributed by atoms with Gasteiger partial charge in [0, 0.05) is 40.8 Å². The Hall–Kier alpha value is 1.47. The third-order valence-corrected chi connectivity index (χ3v) is 4.15. The molecule has 12 heavy (non-hydrogen) atoms. The predicted molar refractivity (Wildman–Crippen MR) is 43.8 cm³/mol. The molecular weight excluding hydrogens is 519 g/mol. The van der Waals surface area contributed by atoms with Crippen LogP contribution in [0.1, 0.15) is 20.3 Å². The molecule has 0 unspecified atom stereocenters. The molecule has 0 amide bonds. The maximum atomic E-state index is 11.6. The van der Waals surface area contributed by atoms with Crippen LogP contribution in [-0.2, 0) is 45.4 Å². The Bertz CT molecular complexity index is 156. The molecular formula is C6H13N2OPRe2-2. The molecule has 1 fully saturated rings. The summed E-state index contributed by atoms with van der Waals surface area (Å²) in [7, 11) is -2.44. The number of rotatable bonds is 1. The van der Waals surface area contributed by atoms with Crippen LogP contribution in [-0.4, -0.2) is 18.7 Å². The minimum Gasteiger partial charge on any atom is -0.619 e. The monoisotopic (exact) mass is 534 g/mol. The third kappa shape index (κ3) is 4.12. The summed E-state index contributed by atoms with van der Waals surface area (Å²) in [5.74, 6) is 0. The molecule has 0 saturated carbocycles. The molecule has 0 aromatic heterocycles. The topological polar surface area (TPSA) is 45.3 Å². The van der Waals surface area contributed by atoms with E-state index in [1.54, 1.807) is 0 Å². The van der Waals surface area contributed by atoms with Crippen LogP contribution < -0.4 is 0 Å². The van der Waals surface area contributed by atoms with Crippen molar-refractivity contribution in [3.05, 3.63) is 10.2 Å². The largest absolute Gasteiger partial charge is 0.619 e. The van der Waals surface area contributed by atoms with E-state index in [9.17, 15) is 4.57 Å². The van der Waals surface area contributed by atoms with E-state index in [-0.39, 0.29) is 46.5 Å². The van der Waals surface area contributed by atoms with E-state index in [0.717, 1.165) is 19.5 Å². The molecule has 6 heteroatoms. The third-order valence-electron chi connectivity index (χ3n) is 1.59. The summed E-state index contributed by atoms with van der Waals surface area (Å²) in [5, 5.41) is 8.10. The summed E-state index contributed by atoms with van der Waals surface area (Å²) >= 11 is 0. The second kappa shape index (κ2) is 6.86. The van der Waals surface area contributed by atoms with Gasteiger partial charge in [-0.2, -0.15) is 0 Å². The van der Waals surface area contributed by atoms with Gasteiger partial charge in [-0.25, -0.2) is 0 Å². The minimum absolute atomic E-state index is 0. The Morgan fingerprint density at radius 2 is 1.58 bits per heavy atom. The molecule has 74 valence electrons. The molecule has 0 aromatic carbocycles. The quantitative estimate of drug-likeness (QED) is 0.480. The fourth-order valence-electron chi connectivity index (χ4n) is 0.870. The molecule has 0 aliphatic carbocycles. The Morgan fingerprint density at radius 1 is 1.17 bits per heavy atom. The average molecular weight is 533 g/mol. The Morgan fingerprint density at radius 3 is 1.83 bits per heavy atom. The van der Waals surface area contributed by atoms with Crippen molar-refractivity contribution >= 4 is 7.44 Å². The van der Waals surface area contributed by atoms with Crippen molar-refractivity contribution in [1.82, 2.24) is 0 Å². The number of hydrogen-bond acceptors (Lipinski definition) is 1. The molecule has 0 N–H and O–H groups in total. The molecule has 1 saturated heterocycles. The van der Waals surface area contributed by atoms with Crippen molar-refractivity contribution in [2.75, 3.05) is 13.1 Å². The fourth-order valence-corrected chi connectivity index (χ4v) is 2.47. The molecule has 2 radical (unpaired) electrons. The van der Waals surface area contributed by atoms with Gasteiger partial charge in [0.15, 0.2) is 0 Å². The molecule has 0 aromatic rings. The number of hydrogen-bond donors (Lipinski definition) is 0. The summed E-state index contributed by atoms with van der Waals surface area (Å²) in [5.41, 5.74) is 0.104. The van der Waals surface area contributed by atoms with E-state index in [1.165, 1.54) is 0 Å². The normalized spacial score (nSPS) is 20.9. The maximum absolute atomic E-state index is 11.6. The van der Waals surface area contributed by atoms with E-state index in [4.69, 9.17) is 0 Å². The van der Waals surface area contributed by atoms with Gasteiger partial charge in [0.25, 0.3) is 0 Å². The molecule has 1 aliphatic heterocycles. The van der Waals surface area contributed by atoms with Gasteiger partial charge in [-0.3, -0.25) is 0 Å². The first kappa shape index (κ1) is 15.9. The fraction of sp³-hybridized carbons (Fsp3) is 1.00. The standard InChI is InChI=1S/C6H13N2OP.2Re/c1-6(2)10(9)7-4-3-5-8-10;;/h6H,3-5H2,1-2H3;;/q-2;;. The van der Waals surface area contributed by atoms with Crippen molar-refractivity contribution in [3.63, 3.8) is 0 Å². The zero-order chi connectivity index (χ0) is 7.61. The van der Waals surface area contributed by atoms with Crippen LogP contribution in [0.2, 0.25) is 0 Å². The van der Waals surface area contributed by atoms with Crippen molar-refractivity contribution in [1.29, 1.82) is 0 Å². The molecule has 0 spiro atoms. The van der Waals surface area contributed by atoms with E-state index >= 15 is 0 Å². The zero-order valence-electron chi connectivity index (χ0n) is 7.20. The minimum atomic E-state index is -2.44. The number of nitrogens with zero attached hydrogens (tertiary/aromatic N) is 2. The van der Waals surface area contributed by atoms with E-state index in [2.05, 4.69) is 10.2 Å². The van der Waals surface area contributed by atoms with Crippen molar-refractivity contribution < 1.29 is 45.4 Å². The molecule has 3 nitrogen and oxygen atoms in total. The first-order valence-corrected chi connectivity index (χ1v) is 5.31. The Balaban J connectivity index is 0. The average Bonchev–Trinajstić information content (AvgIpc) is 1.89. The van der Waals surface area contributed by atoms with Gasteiger partial charge >= 0.3 is 0 Å². The van der Waals surface area contributed by atoms with Gasteiger partial charge in [-0.15, -0.1) is 13.1 Å². The summed E-state index contributed by atoms with van der Waals surface area (Å²) in [4.78, 5) is 0. The van der Waals surface area contributed by atoms with Crippen LogP contribution >= 0.6 is 7.44 Å². The van der Waals surface area contributed by atoms with Crippen molar-refractivity contribution in [3.8, 4) is 0 Å². The zero-order valence-corrected chi connectivity index (χ0v) is 13.5. The Labute approximate surface area is 102 Å². The van der Waals surface area contributed by atoms with E-state index < -0.39 is 7.44 Å². The van der Waals surface area contributed by atoms with Gasteiger partial charge in [-0.05, 0) is 5.66 Å². The Kier molecular flexibility index (Phi) is 9.10. The maximum Gasteiger partial charge on any atom is 0 e. The summed E-state index contributed by atoms with van der Waals surface area (Å²) < 4.78 is 11.6. The van der Waals surface area contributed by atoms with Crippen LogP contribution in [0.3, 0.4) is 0 Å². The van der Waals surface area contributed by atoms with E-state index in [1.807, 2.05) is 13.8 Å². The van der Waals surface area contributed by atoms with Crippen molar-refractivity contribution in [2.45, 2.75) is 25.9 Å². The molecule has 1 rings (SSSR count). The SMILES string of the molecule is CC(C)P1(=O)[N-]CCC[N-]1.[Re].[Re]. The van der Waals surface area contributed by atoms with Gasteiger partial charge in [0.05, 0.1) is 0 Å². The first-order chi connectivity index (χ1) is 4.65. The van der Waals surface area contributed by atoms with Crippen LogP contribution in [0, 0.1) is 0 Å². The summed E-state index contributed by atoms with van der Waals surface area (Å²) in [6, 6.07) is 0. The van der Waals surface area contributed by atoms with E-state index in [0.29, 0.717) is 0 Å². The second-order valence-electron chi connectivity index (χ2n) is 2.77. The van der Waals surface area contributed by atoms with Crippen LogP contribution in [0.25, 0.3) is 10.2 Å². The predicted octanol–water partition coefficient (Wildman–Crippen LogP) is 2.73. The van der Waals surface area contributed by atoms with Crippen LogP contribution in [0.5, 0.6) is 0 Å². The van der Waals surface area contributed by atoms with Crippen LogP contribution in [0.15, 0.2) is 0 Å². The second-order valence-corrected chi connectivity index (χ2v) is 5.54. The summed E-state index contributed by atoms with van der Waals surface area (Å²) in [6.45, 7) is 5.30. The summed E-state index contributed by atoms with van der Waals surface area (Å²) in [6.07, 6.45) is 0.969. The van der Waals surface area contributed by atoms with Gasteiger partial charge in [0.1, 0.15) is 0 Å². The smallest absolute Gasteiger partial charge is 0 e. The molecule has 0 atom stereocenters. The van der Waals surface area contributed by atoms with Gasteiger partial charge in [-0.1, -0.05) is 27.7 Å². The van der Waals surface area contributed by atoms with Gasteiger partial charge < -0.3 is 14.7 Å². The molecule has 1 aliphatic rings. The van der Waals surface area contributed by atoms with Gasteiger partial charge in [0.2, 0.25) is 0 Å².